The summed E-state index contributed by atoms with van der Waals surface area (Å²) >= 11 is 0. The summed E-state index contributed by atoms with van der Waals surface area (Å²) < 4.78 is 7.52. The molecule has 4 aliphatic rings. The number of nitrogens with one attached hydrogen (secondary N) is 1. The third kappa shape index (κ3) is 4.50. The van der Waals surface area contributed by atoms with Crippen LogP contribution in [0, 0.1) is 40.4 Å². The number of carbonyl (C=O) groups excluding carboxylic acids is 1. The first-order valence-electron chi connectivity index (χ1n) is 11.4. The van der Waals surface area contributed by atoms with Crippen molar-refractivity contribution in [2.75, 3.05) is 6.61 Å². The summed E-state index contributed by atoms with van der Waals surface area (Å²) in [5.41, 5.74) is -0.760. The molecule has 2 unspecified atom stereocenters. The second-order valence-corrected chi connectivity index (χ2v) is 10.9. The molecule has 1 aromatic rings. The number of aromatic nitrogens is 2. The van der Waals surface area contributed by atoms with Gasteiger partial charge in [-0.25, -0.2) is 4.68 Å². The van der Waals surface area contributed by atoms with Gasteiger partial charge in [0.1, 0.15) is 5.56 Å². The Bertz CT molecular complexity index is 894. The van der Waals surface area contributed by atoms with Crippen LogP contribution in [0.25, 0.3) is 6.20 Å². The van der Waals surface area contributed by atoms with Crippen LogP contribution in [0.3, 0.4) is 0 Å². The maximum atomic E-state index is 13.3. The Morgan fingerprint density at radius 3 is 2.68 bits per heavy atom. The average molecular weight is 427 g/mol. The number of nitrogens with zero attached hydrogens (tertiary/aromatic N) is 3. The van der Waals surface area contributed by atoms with E-state index in [1.807, 2.05) is 27.7 Å². The van der Waals surface area contributed by atoms with E-state index < -0.39 is 11.0 Å². The number of allylic oxidation sites excluding steroid dienone is 1. The molecule has 31 heavy (non-hydrogen) atoms. The lowest BCUT2D eigenvalue weighted by Crippen LogP contribution is -2.61. The molecular formula is C24H34N4O3. The SMILES string of the molecule is CC(C)COc1c(C(=O)NC2C3CC4CC2CC(O)(C4)C3)cnn1/C=C/C(C)(C)C#N. The van der Waals surface area contributed by atoms with Gasteiger partial charge in [0.05, 0.1) is 29.9 Å². The van der Waals surface area contributed by atoms with Crippen molar-refractivity contribution in [1.82, 2.24) is 15.1 Å². The lowest BCUT2D eigenvalue weighted by Gasteiger charge is -2.58. The van der Waals surface area contributed by atoms with Gasteiger partial charge in [-0.3, -0.25) is 4.79 Å². The molecule has 4 bridgehead atoms. The van der Waals surface area contributed by atoms with Crippen LogP contribution in [-0.4, -0.2) is 39.0 Å². The average Bonchev–Trinajstić information content (AvgIpc) is 3.09. The number of amides is 1. The van der Waals surface area contributed by atoms with Crippen LogP contribution in [0.15, 0.2) is 12.3 Å². The fraction of sp³-hybridized carbons (Fsp3) is 0.708. The number of nitriles is 1. The molecule has 0 aliphatic heterocycles. The van der Waals surface area contributed by atoms with Crippen LogP contribution in [0.1, 0.15) is 70.2 Å². The van der Waals surface area contributed by atoms with Crippen LogP contribution in [-0.2, 0) is 0 Å². The Balaban J connectivity index is 1.54. The smallest absolute Gasteiger partial charge is 0.258 e. The molecule has 4 aliphatic carbocycles. The summed E-state index contributed by atoms with van der Waals surface area (Å²) in [6, 6.07) is 2.33. The van der Waals surface area contributed by atoms with E-state index >= 15 is 0 Å². The van der Waals surface area contributed by atoms with Gasteiger partial charge in [-0.2, -0.15) is 10.4 Å². The summed E-state index contributed by atoms with van der Waals surface area (Å²) in [5.74, 6) is 1.79. The Hall–Kier alpha value is -2.33. The summed E-state index contributed by atoms with van der Waals surface area (Å²) in [4.78, 5) is 13.3. The molecule has 0 saturated heterocycles. The first-order chi connectivity index (χ1) is 14.6. The molecule has 168 valence electrons. The minimum Gasteiger partial charge on any atom is -0.477 e. The zero-order chi connectivity index (χ0) is 22.4. The van der Waals surface area contributed by atoms with Crippen LogP contribution >= 0.6 is 0 Å². The predicted molar refractivity (Wildman–Crippen MR) is 117 cm³/mol. The third-order valence-corrected chi connectivity index (χ3v) is 7.01. The van der Waals surface area contributed by atoms with Gasteiger partial charge in [-0.05, 0) is 75.7 Å². The highest BCUT2D eigenvalue weighted by molar-refractivity contribution is 5.96. The number of hydrogen-bond donors (Lipinski definition) is 2. The van der Waals surface area contributed by atoms with Gasteiger partial charge in [-0.15, -0.1) is 0 Å². The molecule has 2 atom stereocenters. The number of aliphatic hydroxyl groups is 1. The molecule has 0 radical (unpaired) electrons. The quantitative estimate of drug-likeness (QED) is 0.694. The van der Waals surface area contributed by atoms with Gasteiger partial charge < -0.3 is 15.2 Å². The van der Waals surface area contributed by atoms with Crippen molar-refractivity contribution >= 4 is 12.1 Å². The Morgan fingerprint density at radius 2 is 2.10 bits per heavy atom. The van der Waals surface area contributed by atoms with Crippen LogP contribution < -0.4 is 10.1 Å². The minimum atomic E-state index is -0.648. The van der Waals surface area contributed by atoms with E-state index in [9.17, 15) is 15.2 Å². The standard InChI is InChI=1S/C24H34N4O3/c1-15(2)13-31-22-19(12-26-28(22)6-5-23(3,4)14-25)21(29)27-20-17-7-16-8-18(20)11-24(30,9-16)10-17/h5-6,12,15-18,20,30H,7-11,13H2,1-4H3,(H,27,29)/b6-5+. The minimum absolute atomic E-state index is 0.0960. The van der Waals surface area contributed by atoms with Crippen molar-refractivity contribution in [1.29, 1.82) is 5.26 Å². The van der Waals surface area contributed by atoms with Crippen LogP contribution in [0.5, 0.6) is 5.88 Å². The molecule has 2 N–H and O–H groups in total. The first kappa shape index (κ1) is 21.9. The molecular weight excluding hydrogens is 392 g/mol. The number of ether oxygens (including phenoxy) is 1. The molecule has 0 aromatic carbocycles. The summed E-state index contributed by atoms with van der Waals surface area (Å²) in [6.45, 7) is 8.19. The molecule has 7 heteroatoms. The van der Waals surface area contributed by atoms with E-state index in [2.05, 4.69) is 16.5 Å². The fourth-order valence-electron chi connectivity index (χ4n) is 5.74. The highest BCUT2D eigenvalue weighted by Gasteiger charge is 2.55. The molecule has 4 saturated carbocycles. The molecule has 7 nitrogen and oxygen atoms in total. The Kier molecular flexibility index (Phi) is 5.63. The molecule has 0 spiro atoms. The molecule has 1 aromatic heterocycles. The van der Waals surface area contributed by atoms with E-state index in [4.69, 9.17) is 4.74 Å². The van der Waals surface area contributed by atoms with Crippen LogP contribution in [0.2, 0.25) is 0 Å². The van der Waals surface area contributed by atoms with E-state index in [-0.39, 0.29) is 11.9 Å². The number of hydrogen-bond acceptors (Lipinski definition) is 5. The topological polar surface area (TPSA) is 100 Å². The van der Waals surface area contributed by atoms with E-state index in [0.29, 0.717) is 41.7 Å². The van der Waals surface area contributed by atoms with Crippen molar-refractivity contribution in [3.63, 3.8) is 0 Å². The van der Waals surface area contributed by atoms with Gasteiger partial charge >= 0.3 is 0 Å². The third-order valence-electron chi connectivity index (χ3n) is 7.01. The zero-order valence-corrected chi connectivity index (χ0v) is 19.0. The summed E-state index contributed by atoms with van der Waals surface area (Å²) in [6.07, 6.45) is 9.65. The van der Waals surface area contributed by atoms with Crippen molar-refractivity contribution < 1.29 is 14.6 Å². The maximum absolute atomic E-state index is 13.3. The normalized spacial score (nSPS) is 31.9. The van der Waals surface area contributed by atoms with E-state index in [0.717, 1.165) is 32.1 Å². The first-order valence-corrected chi connectivity index (χ1v) is 11.4. The second kappa shape index (κ2) is 7.98. The lowest BCUT2D eigenvalue weighted by molar-refractivity contribution is -0.136. The zero-order valence-electron chi connectivity index (χ0n) is 19.0. The van der Waals surface area contributed by atoms with E-state index in [1.165, 1.54) is 4.68 Å². The molecule has 1 heterocycles. The van der Waals surface area contributed by atoms with Crippen molar-refractivity contribution in [2.24, 2.45) is 29.1 Å². The van der Waals surface area contributed by atoms with Gasteiger partial charge in [0.2, 0.25) is 5.88 Å². The van der Waals surface area contributed by atoms with E-state index in [1.54, 1.807) is 18.5 Å². The summed E-state index contributed by atoms with van der Waals surface area (Å²) in [7, 11) is 0. The van der Waals surface area contributed by atoms with Gasteiger partial charge in [0.25, 0.3) is 5.91 Å². The number of carbonyl (C=O) groups is 1. The molecule has 1 amide bonds. The largest absolute Gasteiger partial charge is 0.477 e. The lowest BCUT2D eigenvalue weighted by atomic mass is 9.52. The Labute approximate surface area is 184 Å². The number of rotatable bonds is 7. The van der Waals surface area contributed by atoms with Gasteiger partial charge in [-0.1, -0.05) is 13.8 Å². The van der Waals surface area contributed by atoms with Crippen molar-refractivity contribution in [2.45, 2.75) is 71.4 Å². The summed E-state index contributed by atoms with van der Waals surface area (Å²) in [5, 5.41) is 27.7. The Morgan fingerprint density at radius 1 is 1.42 bits per heavy atom. The van der Waals surface area contributed by atoms with Crippen LogP contribution in [0.4, 0.5) is 0 Å². The van der Waals surface area contributed by atoms with Crippen molar-refractivity contribution in [3.05, 3.63) is 17.8 Å². The second-order valence-electron chi connectivity index (χ2n) is 10.9. The molecule has 4 fully saturated rings. The maximum Gasteiger partial charge on any atom is 0.258 e. The van der Waals surface area contributed by atoms with Gasteiger partial charge in [0, 0.05) is 12.2 Å². The monoisotopic (exact) mass is 426 g/mol. The fourth-order valence-corrected chi connectivity index (χ4v) is 5.74. The van der Waals surface area contributed by atoms with Crippen molar-refractivity contribution in [3.8, 4) is 11.9 Å². The highest BCUT2D eigenvalue weighted by atomic mass is 16.5. The highest BCUT2D eigenvalue weighted by Crippen LogP contribution is 2.55. The van der Waals surface area contributed by atoms with Gasteiger partial charge in [0.15, 0.2) is 0 Å². The predicted octanol–water partition coefficient (Wildman–Crippen LogP) is 3.61. The molecule has 5 rings (SSSR count).